The highest BCUT2D eigenvalue weighted by Crippen LogP contribution is 2.42. The van der Waals surface area contributed by atoms with Gasteiger partial charge in [0, 0.05) is 16.9 Å². The van der Waals surface area contributed by atoms with E-state index in [0.29, 0.717) is 0 Å². The number of carbonyl (C=O) groups is 1. The minimum atomic E-state index is -0.467. The zero-order valence-corrected chi connectivity index (χ0v) is 10.8. The number of esters is 1. The minimum Gasteiger partial charge on any atom is -0.468 e. The molecular formula is C12H14BrNO2. The number of aromatic nitrogens is 1. The quantitative estimate of drug-likeness (QED) is 0.784. The molecule has 3 nitrogen and oxygen atoms in total. The van der Waals surface area contributed by atoms with Crippen LogP contribution in [0.3, 0.4) is 0 Å². The van der Waals surface area contributed by atoms with Gasteiger partial charge in [-0.25, -0.2) is 0 Å². The average Bonchev–Trinajstić information content (AvgIpc) is 2.78. The summed E-state index contributed by atoms with van der Waals surface area (Å²) in [5, 5.41) is 0. The van der Waals surface area contributed by atoms with Crippen LogP contribution < -0.4 is 0 Å². The summed E-state index contributed by atoms with van der Waals surface area (Å²) in [5.74, 6) is -0.134. The van der Waals surface area contributed by atoms with Crippen LogP contribution in [-0.2, 0) is 14.9 Å². The highest BCUT2D eigenvalue weighted by Gasteiger charge is 2.44. The molecule has 0 aromatic carbocycles. The third-order valence-electron chi connectivity index (χ3n) is 3.29. The molecule has 1 saturated carbocycles. The molecule has 1 aliphatic carbocycles. The third-order valence-corrected chi connectivity index (χ3v) is 3.72. The fraction of sp³-hybridized carbons (Fsp3) is 0.500. The zero-order valence-electron chi connectivity index (χ0n) is 9.20. The normalized spacial score (nSPS) is 18.4. The second-order valence-corrected chi connectivity index (χ2v) is 5.09. The van der Waals surface area contributed by atoms with Crippen molar-refractivity contribution in [2.24, 2.45) is 0 Å². The van der Waals surface area contributed by atoms with Crippen molar-refractivity contribution in [3.8, 4) is 0 Å². The molecule has 1 fully saturated rings. The number of methoxy groups -OCH3 is 1. The molecule has 0 saturated heterocycles. The van der Waals surface area contributed by atoms with Crippen molar-refractivity contribution in [3.05, 3.63) is 28.5 Å². The van der Waals surface area contributed by atoms with Gasteiger partial charge in [0.2, 0.25) is 0 Å². The molecule has 0 atom stereocenters. The van der Waals surface area contributed by atoms with Crippen molar-refractivity contribution in [2.75, 3.05) is 7.11 Å². The maximum absolute atomic E-state index is 12.0. The van der Waals surface area contributed by atoms with Gasteiger partial charge in [-0.1, -0.05) is 12.8 Å². The Labute approximate surface area is 103 Å². The number of rotatable bonds is 2. The number of hydrogen-bond acceptors (Lipinski definition) is 3. The molecule has 1 aromatic rings. The molecule has 1 aliphatic rings. The first kappa shape index (κ1) is 11.6. The summed E-state index contributed by atoms with van der Waals surface area (Å²) < 4.78 is 5.85. The number of halogens is 1. The lowest BCUT2D eigenvalue weighted by molar-refractivity contribution is -0.147. The lowest BCUT2D eigenvalue weighted by Crippen LogP contribution is -2.34. The molecule has 0 spiro atoms. The molecule has 1 heterocycles. The van der Waals surface area contributed by atoms with E-state index >= 15 is 0 Å². The second-order valence-electron chi connectivity index (χ2n) is 4.17. The molecule has 0 N–H and O–H groups in total. The van der Waals surface area contributed by atoms with Gasteiger partial charge in [-0.15, -0.1) is 0 Å². The number of pyridine rings is 1. The van der Waals surface area contributed by atoms with E-state index in [1.807, 2.05) is 6.07 Å². The summed E-state index contributed by atoms with van der Waals surface area (Å²) >= 11 is 3.39. The van der Waals surface area contributed by atoms with Crippen LogP contribution in [0, 0.1) is 0 Å². The predicted octanol–water partition coefficient (Wildman–Crippen LogP) is 2.83. The van der Waals surface area contributed by atoms with Gasteiger partial charge in [0.25, 0.3) is 0 Å². The Morgan fingerprint density at radius 3 is 2.69 bits per heavy atom. The van der Waals surface area contributed by atoms with Crippen molar-refractivity contribution in [1.82, 2.24) is 4.98 Å². The van der Waals surface area contributed by atoms with Crippen LogP contribution in [0.15, 0.2) is 22.9 Å². The molecule has 1 aromatic heterocycles. The van der Waals surface area contributed by atoms with Crippen LogP contribution in [-0.4, -0.2) is 18.1 Å². The van der Waals surface area contributed by atoms with E-state index in [2.05, 4.69) is 20.9 Å². The van der Waals surface area contributed by atoms with Gasteiger partial charge in [-0.3, -0.25) is 9.78 Å². The lowest BCUT2D eigenvalue weighted by atomic mass is 9.80. The third kappa shape index (κ3) is 1.86. The fourth-order valence-electron chi connectivity index (χ4n) is 2.46. The van der Waals surface area contributed by atoms with Crippen LogP contribution in [0.4, 0.5) is 0 Å². The molecular weight excluding hydrogens is 270 g/mol. The number of ether oxygens (including phenoxy) is 1. The summed E-state index contributed by atoms with van der Waals surface area (Å²) in [6.45, 7) is 0. The number of hydrogen-bond donors (Lipinski definition) is 0. The minimum absolute atomic E-state index is 0.134. The maximum Gasteiger partial charge on any atom is 0.316 e. The second kappa shape index (κ2) is 4.53. The van der Waals surface area contributed by atoms with E-state index in [0.717, 1.165) is 35.7 Å². The Balaban J connectivity index is 2.43. The van der Waals surface area contributed by atoms with Gasteiger partial charge in [0.1, 0.15) is 0 Å². The molecule has 4 heteroatoms. The summed E-state index contributed by atoms with van der Waals surface area (Å²) in [5.41, 5.74) is 0.497. The van der Waals surface area contributed by atoms with Gasteiger partial charge < -0.3 is 4.74 Å². The lowest BCUT2D eigenvalue weighted by Gasteiger charge is -2.25. The maximum atomic E-state index is 12.0. The first-order chi connectivity index (χ1) is 7.69. The zero-order chi connectivity index (χ0) is 11.6. The molecule has 0 unspecified atom stereocenters. The Morgan fingerprint density at radius 1 is 1.44 bits per heavy atom. The van der Waals surface area contributed by atoms with E-state index in [1.54, 1.807) is 12.4 Å². The van der Waals surface area contributed by atoms with Crippen molar-refractivity contribution < 1.29 is 9.53 Å². The van der Waals surface area contributed by atoms with Crippen molar-refractivity contribution in [3.63, 3.8) is 0 Å². The first-order valence-corrected chi connectivity index (χ1v) is 6.18. The number of carbonyl (C=O) groups excluding carboxylic acids is 1. The summed E-state index contributed by atoms with van der Waals surface area (Å²) in [6.07, 6.45) is 7.36. The highest BCUT2D eigenvalue weighted by atomic mass is 79.9. The summed E-state index contributed by atoms with van der Waals surface area (Å²) in [7, 11) is 1.45. The fourth-order valence-corrected chi connectivity index (χ4v) is 2.82. The molecule has 0 aliphatic heterocycles. The smallest absolute Gasteiger partial charge is 0.316 e. The monoisotopic (exact) mass is 283 g/mol. The van der Waals surface area contributed by atoms with E-state index in [1.165, 1.54) is 7.11 Å². The van der Waals surface area contributed by atoms with E-state index in [4.69, 9.17) is 4.74 Å². The Bertz CT molecular complexity index is 400. The summed E-state index contributed by atoms with van der Waals surface area (Å²) in [4.78, 5) is 16.1. The van der Waals surface area contributed by atoms with E-state index in [-0.39, 0.29) is 5.97 Å². The van der Waals surface area contributed by atoms with Crippen molar-refractivity contribution in [1.29, 1.82) is 0 Å². The van der Waals surface area contributed by atoms with E-state index < -0.39 is 5.41 Å². The number of nitrogens with zero attached hydrogens (tertiary/aromatic N) is 1. The molecule has 0 amide bonds. The summed E-state index contributed by atoms with van der Waals surface area (Å²) in [6, 6.07) is 1.97. The predicted molar refractivity (Wildman–Crippen MR) is 64.1 cm³/mol. The Hall–Kier alpha value is -0.900. The van der Waals surface area contributed by atoms with Crippen LogP contribution >= 0.6 is 15.9 Å². The topological polar surface area (TPSA) is 39.2 Å². The van der Waals surface area contributed by atoms with Gasteiger partial charge in [0.15, 0.2) is 0 Å². The van der Waals surface area contributed by atoms with Crippen molar-refractivity contribution in [2.45, 2.75) is 31.1 Å². The van der Waals surface area contributed by atoms with Crippen molar-refractivity contribution >= 4 is 21.9 Å². The SMILES string of the molecule is COC(=O)C1(c2cncc(Br)c2)CCCC1. The van der Waals surface area contributed by atoms with Crippen LogP contribution in [0.5, 0.6) is 0 Å². The molecule has 0 bridgehead atoms. The van der Waals surface area contributed by atoms with Gasteiger partial charge in [-0.2, -0.15) is 0 Å². The Morgan fingerprint density at radius 2 is 2.12 bits per heavy atom. The molecule has 86 valence electrons. The molecule has 0 radical (unpaired) electrons. The van der Waals surface area contributed by atoms with Gasteiger partial charge in [0.05, 0.1) is 12.5 Å². The Kier molecular flexibility index (Phi) is 3.28. The van der Waals surface area contributed by atoms with E-state index in [9.17, 15) is 4.79 Å². The molecule has 2 rings (SSSR count). The average molecular weight is 284 g/mol. The van der Waals surface area contributed by atoms with Gasteiger partial charge in [-0.05, 0) is 40.4 Å². The largest absolute Gasteiger partial charge is 0.468 e. The van der Waals surface area contributed by atoms with Crippen LogP contribution in [0.1, 0.15) is 31.2 Å². The van der Waals surface area contributed by atoms with Crippen LogP contribution in [0.25, 0.3) is 0 Å². The standard InChI is InChI=1S/C12H14BrNO2/c1-16-11(15)12(4-2-3-5-12)9-6-10(13)8-14-7-9/h6-8H,2-5H2,1H3. The van der Waals surface area contributed by atoms with Gasteiger partial charge >= 0.3 is 5.97 Å². The molecule has 16 heavy (non-hydrogen) atoms. The van der Waals surface area contributed by atoms with Crippen LogP contribution in [0.2, 0.25) is 0 Å². The first-order valence-electron chi connectivity index (χ1n) is 5.38. The highest BCUT2D eigenvalue weighted by molar-refractivity contribution is 9.10.